The van der Waals surface area contributed by atoms with Crippen molar-refractivity contribution in [3.8, 4) is 0 Å². The van der Waals surface area contributed by atoms with Gasteiger partial charge in [0.2, 0.25) is 5.91 Å². The van der Waals surface area contributed by atoms with Crippen molar-refractivity contribution in [2.75, 3.05) is 5.32 Å². The van der Waals surface area contributed by atoms with Gasteiger partial charge in [0.1, 0.15) is 0 Å². The van der Waals surface area contributed by atoms with Gasteiger partial charge in [0, 0.05) is 19.0 Å². The predicted octanol–water partition coefficient (Wildman–Crippen LogP) is 4.52. The molecule has 2 N–H and O–H groups in total. The zero-order valence-electron chi connectivity index (χ0n) is 14.2. The molecule has 0 aliphatic rings. The van der Waals surface area contributed by atoms with Gasteiger partial charge in [-0.3, -0.25) is 4.79 Å². The Morgan fingerprint density at radius 2 is 1.84 bits per heavy atom. The molecule has 0 aliphatic heterocycles. The number of hydrogen-bond donors (Lipinski definition) is 2. The topological polar surface area (TPSA) is 41.1 Å². The molecule has 25 heavy (non-hydrogen) atoms. The number of benzene rings is 2. The molecular weight excluding hydrogens is 329 g/mol. The molecule has 0 aliphatic carbocycles. The first-order valence-corrected chi connectivity index (χ1v) is 8.00. The van der Waals surface area contributed by atoms with E-state index in [0.717, 1.165) is 17.2 Å². The molecule has 0 radical (unpaired) electrons. The molecule has 0 saturated carbocycles. The minimum atomic E-state index is -4.50. The van der Waals surface area contributed by atoms with Gasteiger partial charge in [0.15, 0.2) is 0 Å². The average Bonchev–Trinajstić information content (AvgIpc) is 2.52. The molecule has 1 amide bonds. The van der Waals surface area contributed by atoms with Gasteiger partial charge in [0.25, 0.3) is 0 Å². The molecule has 0 saturated heterocycles. The van der Waals surface area contributed by atoms with E-state index >= 15 is 0 Å². The molecule has 1 unspecified atom stereocenters. The van der Waals surface area contributed by atoms with Crippen LogP contribution < -0.4 is 10.6 Å². The zero-order valence-corrected chi connectivity index (χ0v) is 14.2. The van der Waals surface area contributed by atoms with Crippen molar-refractivity contribution in [2.24, 2.45) is 0 Å². The maximum Gasteiger partial charge on any atom is 0.418 e. The van der Waals surface area contributed by atoms with E-state index in [2.05, 4.69) is 10.6 Å². The van der Waals surface area contributed by atoms with Crippen LogP contribution in [0.3, 0.4) is 0 Å². The van der Waals surface area contributed by atoms with Crippen molar-refractivity contribution in [1.29, 1.82) is 0 Å². The van der Waals surface area contributed by atoms with Crippen molar-refractivity contribution in [3.63, 3.8) is 0 Å². The SMILES string of the molecule is Cc1cccc(CNC(C)CC(=O)Nc2ccccc2C(F)(F)F)c1. The predicted molar refractivity (Wildman–Crippen MR) is 92.2 cm³/mol. The average molecular weight is 350 g/mol. The van der Waals surface area contributed by atoms with Crippen LogP contribution in [0.5, 0.6) is 0 Å². The summed E-state index contributed by atoms with van der Waals surface area (Å²) in [6, 6.07) is 12.8. The number of rotatable bonds is 6. The van der Waals surface area contributed by atoms with Gasteiger partial charge in [0.05, 0.1) is 11.3 Å². The third-order valence-electron chi connectivity index (χ3n) is 3.74. The molecule has 3 nitrogen and oxygen atoms in total. The lowest BCUT2D eigenvalue weighted by Crippen LogP contribution is -2.30. The molecule has 0 bridgehead atoms. The lowest BCUT2D eigenvalue weighted by Gasteiger charge is -2.16. The van der Waals surface area contributed by atoms with E-state index < -0.39 is 17.6 Å². The number of anilines is 1. The molecular formula is C19H21F3N2O. The Labute approximate surface area is 145 Å². The maximum absolute atomic E-state index is 12.9. The molecule has 2 aromatic carbocycles. The van der Waals surface area contributed by atoms with Crippen LogP contribution in [0.1, 0.15) is 30.0 Å². The fourth-order valence-electron chi connectivity index (χ4n) is 2.50. The lowest BCUT2D eigenvalue weighted by molar-refractivity contribution is -0.137. The highest BCUT2D eigenvalue weighted by Gasteiger charge is 2.33. The van der Waals surface area contributed by atoms with Crippen molar-refractivity contribution in [1.82, 2.24) is 5.32 Å². The lowest BCUT2D eigenvalue weighted by atomic mass is 10.1. The Kier molecular flexibility index (Phi) is 6.20. The van der Waals surface area contributed by atoms with Crippen LogP contribution in [0.4, 0.5) is 18.9 Å². The quantitative estimate of drug-likeness (QED) is 0.804. The third-order valence-corrected chi connectivity index (χ3v) is 3.74. The van der Waals surface area contributed by atoms with Gasteiger partial charge < -0.3 is 10.6 Å². The van der Waals surface area contributed by atoms with Crippen molar-refractivity contribution in [2.45, 2.75) is 39.0 Å². The number of halogens is 3. The van der Waals surface area contributed by atoms with Crippen LogP contribution in [0.2, 0.25) is 0 Å². The standard InChI is InChI=1S/C19H21F3N2O/c1-13-6-5-7-15(10-13)12-23-14(2)11-18(25)24-17-9-4-3-8-16(17)19(20,21)22/h3-10,14,23H,11-12H2,1-2H3,(H,24,25). The summed E-state index contributed by atoms with van der Waals surface area (Å²) in [7, 11) is 0. The number of carbonyl (C=O) groups is 1. The van der Waals surface area contributed by atoms with Gasteiger partial charge in [-0.2, -0.15) is 13.2 Å². The second kappa shape index (κ2) is 8.16. The smallest absolute Gasteiger partial charge is 0.325 e. The number of carbonyl (C=O) groups excluding carboxylic acids is 1. The Bertz CT molecular complexity index is 729. The number of amides is 1. The summed E-state index contributed by atoms with van der Waals surface area (Å²) >= 11 is 0. The van der Waals surface area contributed by atoms with Crippen LogP contribution in [0.25, 0.3) is 0 Å². The van der Waals surface area contributed by atoms with Gasteiger partial charge in [-0.15, -0.1) is 0 Å². The van der Waals surface area contributed by atoms with E-state index in [9.17, 15) is 18.0 Å². The molecule has 0 spiro atoms. The summed E-state index contributed by atoms with van der Waals surface area (Å²) < 4.78 is 38.8. The summed E-state index contributed by atoms with van der Waals surface area (Å²) in [6.07, 6.45) is -4.42. The highest BCUT2D eigenvalue weighted by atomic mass is 19.4. The van der Waals surface area contributed by atoms with Gasteiger partial charge in [-0.05, 0) is 31.5 Å². The minimum Gasteiger partial charge on any atom is -0.325 e. The number of alkyl halides is 3. The van der Waals surface area contributed by atoms with E-state index in [0.29, 0.717) is 6.54 Å². The molecule has 0 fully saturated rings. The van der Waals surface area contributed by atoms with E-state index in [4.69, 9.17) is 0 Å². The normalized spacial score (nSPS) is 12.7. The van der Waals surface area contributed by atoms with Crippen molar-refractivity contribution >= 4 is 11.6 Å². The first-order valence-electron chi connectivity index (χ1n) is 8.00. The van der Waals surface area contributed by atoms with Crippen LogP contribution in [-0.4, -0.2) is 11.9 Å². The van der Waals surface area contributed by atoms with Gasteiger partial charge in [-0.25, -0.2) is 0 Å². The Morgan fingerprint density at radius 1 is 1.12 bits per heavy atom. The van der Waals surface area contributed by atoms with Crippen molar-refractivity contribution < 1.29 is 18.0 Å². The van der Waals surface area contributed by atoms with Gasteiger partial charge >= 0.3 is 6.18 Å². The van der Waals surface area contributed by atoms with Crippen LogP contribution >= 0.6 is 0 Å². The van der Waals surface area contributed by atoms with Crippen LogP contribution in [0.15, 0.2) is 48.5 Å². The maximum atomic E-state index is 12.9. The molecule has 0 heterocycles. The molecule has 6 heteroatoms. The Morgan fingerprint density at radius 3 is 2.52 bits per heavy atom. The van der Waals surface area contributed by atoms with Crippen LogP contribution in [-0.2, 0) is 17.5 Å². The monoisotopic (exact) mass is 350 g/mol. The van der Waals surface area contributed by atoms with Crippen molar-refractivity contribution in [3.05, 3.63) is 65.2 Å². The second-order valence-electron chi connectivity index (χ2n) is 6.07. The Hall–Kier alpha value is -2.34. The highest BCUT2D eigenvalue weighted by molar-refractivity contribution is 5.92. The van der Waals surface area contributed by atoms with E-state index in [1.165, 1.54) is 18.2 Å². The highest BCUT2D eigenvalue weighted by Crippen LogP contribution is 2.34. The van der Waals surface area contributed by atoms with E-state index in [1.54, 1.807) is 0 Å². The number of aryl methyl sites for hydroxylation is 1. The van der Waals surface area contributed by atoms with Crippen LogP contribution in [0, 0.1) is 6.92 Å². The molecule has 2 rings (SSSR count). The summed E-state index contributed by atoms with van der Waals surface area (Å²) in [5.41, 5.74) is 1.18. The number of para-hydroxylation sites is 1. The largest absolute Gasteiger partial charge is 0.418 e. The van der Waals surface area contributed by atoms with E-state index in [1.807, 2.05) is 38.1 Å². The first-order chi connectivity index (χ1) is 11.8. The molecule has 2 aromatic rings. The summed E-state index contributed by atoms with van der Waals surface area (Å²) in [6.45, 7) is 4.42. The minimum absolute atomic E-state index is 0.0814. The summed E-state index contributed by atoms with van der Waals surface area (Å²) in [4.78, 5) is 12.0. The Balaban J connectivity index is 1.90. The summed E-state index contributed by atoms with van der Waals surface area (Å²) in [5.74, 6) is -0.457. The fourth-order valence-corrected chi connectivity index (χ4v) is 2.50. The molecule has 134 valence electrons. The van der Waals surface area contributed by atoms with E-state index in [-0.39, 0.29) is 18.2 Å². The third kappa shape index (κ3) is 5.90. The molecule has 1 atom stereocenters. The molecule has 0 aromatic heterocycles. The second-order valence-corrected chi connectivity index (χ2v) is 6.07. The summed E-state index contributed by atoms with van der Waals surface area (Å²) in [5, 5.41) is 5.56. The first kappa shape index (κ1) is 19.0. The number of nitrogens with one attached hydrogen (secondary N) is 2. The fraction of sp³-hybridized carbons (Fsp3) is 0.316. The zero-order chi connectivity index (χ0) is 18.4. The number of hydrogen-bond acceptors (Lipinski definition) is 2. The van der Waals surface area contributed by atoms with Gasteiger partial charge in [-0.1, -0.05) is 42.0 Å².